The first kappa shape index (κ1) is 21.9. The Morgan fingerprint density at radius 2 is 1.72 bits per heavy atom. The Labute approximate surface area is 194 Å². The van der Waals surface area contributed by atoms with Gasteiger partial charge < -0.3 is 14.4 Å². The van der Waals surface area contributed by atoms with E-state index in [1.54, 1.807) is 6.07 Å². The molecule has 1 amide bonds. The van der Waals surface area contributed by atoms with Crippen molar-refractivity contribution >= 4 is 46.0 Å². The number of para-hydroxylation sites is 1. The molecular weight excluding hydrogens is 449 g/mol. The van der Waals surface area contributed by atoms with Gasteiger partial charge in [-0.15, -0.1) is 0 Å². The predicted molar refractivity (Wildman–Crippen MR) is 125 cm³/mol. The first-order valence-corrected chi connectivity index (χ1v) is 10.6. The molecule has 1 N–H and O–H groups in total. The first-order valence-electron chi connectivity index (χ1n) is 9.86. The number of carboxylic acid groups (broad SMARTS) is 1. The number of hydrogen-bond acceptors (Lipinski definition) is 3. The second kappa shape index (κ2) is 9.07. The van der Waals surface area contributed by atoms with Crippen molar-refractivity contribution in [2.75, 3.05) is 7.05 Å². The van der Waals surface area contributed by atoms with Crippen LogP contribution in [0, 0.1) is 0 Å². The summed E-state index contributed by atoms with van der Waals surface area (Å²) in [5.74, 6) is -0.859. The molecule has 1 atom stereocenters. The molecule has 7 heteroatoms. The van der Waals surface area contributed by atoms with E-state index in [0.29, 0.717) is 5.02 Å². The summed E-state index contributed by atoms with van der Waals surface area (Å²) < 4.78 is 5.88. The number of furan rings is 1. The van der Waals surface area contributed by atoms with Crippen LogP contribution in [0.3, 0.4) is 0 Å². The molecule has 0 radical (unpaired) electrons. The zero-order valence-electron chi connectivity index (χ0n) is 17.1. The average molecular weight is 468 g/mol. The van der Waals surface area contributed by atoms with Gasteiger partial charge in [-0.2, -0.15) is 0 Å². The number of halogens is 2. The fourth-order valence-electron chi connectivity index (χ4n) is 3.54. The molecule has 32 heavy (non-hydrogen) atoms. The van der Waals surface area contributed by atoms with Gasteiger partial charge >= 0.3 is 5.97 Å². The van der Waals surface area contributed by atoms with E-state index in [1.807, 2.05) is 54.6 Å². The third kappa shape index (κ3) is 4.49. The van der Waals surface area contributed by atoms with E-state index in [-0.39, 0.29) is 17.0 Å². The number of carbonyl (C=O) groups is 2. The Kier molecular flexibility index (Phi) is 6.21. The van der Waals surface area contributed by atoms with Crippen LogP contribution in [0.25, 0.3) is 22.3 Å². The van der Waals surface area contributed by atoms with Crippen LogP contribution in [0.2, 0.25) is 10.0 Å². The molecule has 0 saturated carbocycles. The molecule has 162 valence electrons. The lowest BCUT2D eigenvalue weighted by Crippen LogP contribution is -2.44. The zero-order chi connectivity index (χ0) is 22.8. The molecule has 4 rings (SSSR count). The number of carboxylic acids is 1. The summed E-state index contributed by atoms with van der Waals surface area (Å²) >= 11 is 12.0. The third-order valence-corrected chi connectivity index (χ3v) is 5.88. The minimum absolute atomic E-state index is 0.142. The summed E-state index contributed by atoms with van der Waals surface area (Å²) in [5, 5.41) is 11.3. The highest BCUT2D eigenvalue weighted by atomic mass is 35.5. The van der Waals surface area contributed by atoms with Gasteiger partial charge in [0.2, 0.25) is 0 Å². The Morgan fingerprint density at radius 1 is 1.00 bits per heavy atom. The van der Waals surface area contributed by atoms with Crippen LogP contribution in [0.1, 0.15) is 15.9 Å². The number of likely N-dealkylation sites (N-methyl/N-ethyl adjacent to an activating group) is 1. The molecule has 0 aliphatic rings. The Bertz CT molecular complexity index is 1260. The molecule has 0 saturated heterocycles. The molecule has 0 aliphatic heterocycles. The van der Waals surface area contributed by atoms with E-state index >= 15 is 0 Å². The molecule has 0 bridgehead atoms. The largest absolute Gasteiger partial charge is 0.480 e. The number of carbonyl (C=O) groups excluding carboxylic acids is 1. The van der Waals surface area contributed by atoms with Crippen LogP contribution in [-0.2, 0) is 11.2 Å². The van der Waals surface area contributed by atoms with Gasteiger partial charge in [0.05, 0.1) is 10.6 Å². The summed E-state index contributed by atoms with van der Waals surface area (Å²) in [4.78, 5) is 26.0. The molecule has 5 nitrogen and oxygen atoms in total. The van der Waals surface area contributed by atoms with Crippen molar-refractivity contribution in [1.29, 1.82) is 0 Å². The standard InChI is InChI=1S/C25H19Cl2NO4/c1-28(24(29)19-11-10-18(26)14-20(19)27)21(25(30)31)12-15-6-8-16(9-7-15)23-13-17-4-2-3-5-22(17)32-23/h2-11,13-14,21H,12H2,1H3,(H,30,31). The highest BCUT2D eigenvalue weighted by molar-refractivity contribution is 6.36. The van der Waals surface area contributed by atoms with Gasteiger partial charge in [-0.25, -0.2) is 4.79 Å². The maximum absolute atomic E-state index is 12.9. The van der Waals surface area contributed by atoms with Crippen molar-refractivity contribution in [2.24, 2.45) is 0 Å². The lowest BCUT2D eigenvalue weighted by molar-refractivity contribution is -0.141. The molecule has 0 spiro atoms. The van der Waals surface area contributed by atoms with Gasteiger partial charge in [-0.1, -0.05) is 65.7 Å². The summed E-state index contributed by atoms with van der Waals surface area (Å²) in [6.45, 7) is 0. The van der Waals surface area contributed by atoms with Gasteiger partial charge in [-0.3, -0.25) is 4.79 Å². The minimum Gasteiger partial charge on any atom is -0.480 e. The van der Waals surface area contributed by atoms with Crippen molar-refractivity contribution < 1.29 is 19.1 Å². The number of aliphatic carboxylic acids is 1. The van der Waals surface area contributed by atoms with Crippen LogP contribution in [0.4, 0.5) is 0 Å². The zero-order valence-corrected chi connectivity index (χ0v) is 18.6. The fourth-order valence-corrected chi connectivity index (χ4v) is 4.03. The van der Waals surface area contributed by atoms with Crippen LogP contribution < -0.4 is 0 Å². The topological polar surface area (TPSA) is 70.8 Å². The van der Waals surface area contributed by atoms with Gasteiger partial charge in [0.25, 0.3) is 5.91 Å². The van der Waals surface area contributed by atoms with E-state index in [1.165, 1.54) is 24.1 Å². The Hall–Kier alpha value is -3.28. The quantitative estimate of drug-likeness (QED) is 0.367. The maximum Gasteiger partial charge on any atom is 0.326 e. The van der Waals surface area contributed by atoms with Gasteiger partial charge in [0.15, 0.2) is 0 Å². The van der Waals surface area contributed by atoms with E-state index < -0.39 is 17.9 Å². The second-order valence-electron chi connectivity index (χ2n) is 7.44. The number of rotatable bonds is 6. The lowest BCUT2D eigenvalue weighted by Gasteiger charge is -2.25. The summed E-state index contributed by atoms with van der Waals surface area (Å²) in [5.41, 5.74) is 2.66. The second-order valence-corrected chi connectivity index (χ2v) is 8.29. The number of amides is 1. The van der Waals surface area contributed by atoms with E-state index in [4.69, 9.17) is 27.6 Å². The average Bonchev–Trinajstić information content (AvgIpc) is 3.21. The number of fused-ring (bicyclic) bond motifs is 1. The molecule has 4 aromatic rings. The van der Waals surface area contributed by atoms with E-state index in [2.05, 4.69) is 0 Å². The normalized spacial score (nSPS) is 12.0. The SMILES string of the molecule is CN(C(=O)c1ccc(Cl)cc1Cl)C(Cc1ccc(-c2cc3ccccc3o2)cc1)C(=O)O. The summed E-state index contributed by atoms with van der Waals surface area (Å²) in [6, 6.07) is 20.6. The smallest absolute Gasteiger partial charge is 0.326 e. The molecule has 1 heterocycles. The lowest BCUT2D eigenvalue weighted by atomic mass is 10.0. The molecule has 0 fully saturated rings. The van der Waals surface area contributed by atoms with E-state index in [9.17, 15) is 14.7 Å². The fraction of sp³-hybridized carbons (Fsp3) is 0.120. The van der Waals surface area contributed by atoms with E-state index in [0.717, 1.165) is 27.9 Å². The number of benzene rings is 3. The van der Waals surface area contributed by atoms with Gasteiger partial charge in [0, 0.05) is 29.4 Å². The Morgan fingerprint density at radius 3 is 2.38 bits per heavy atom. The molecular formula is C25H19Cl2NO4. The van der Waals surface area contributed by atoms with Crippen LogP contribution in [0.15, 0.2) is 77.2 Å². The van der Waals surface area contributed by atoms with Crippen molar-refractivity contribution in [1.82, 2.24) is 4.90 Å². The molecule has 0 aliphatic carbocycles. The van der Waals surface area contributed by atoms with Crippen molar-refractivity contribution in [3.8, 4) is 11.3 Å². The van der Waals surface area contributed by atoms with Crippen molar-refractivity contribution in [2.45, 2.75) is 12.5 Å². The van der Waals surface area contributed by atoms with Crippen LogP contribution >= 0.6 is 23.2 Å². The van der Waals surface area contributed by atoms with Gasteiger partial charge in [-0.05, 0) is 35.9 Å². The summed E-state index contributed by atoms with van der Waals surface area (Å²) in [6.07, 6.45) is 0.142. The highest BCUT2D eigenvalue weighted by Crippen LogP contribution is 2.28. The van der Waals surface area contributed by atoms with Crippen molar-refractivity contribution in [3.05, 3.63) is 94.0 Å². The molecule has 1 unspecified atom stereocenters. The van der Waals surface area contributed by atoms with Crippen LogP contribution in [-0.4, -0.2) is 35.0 Å². The molecule has 1 aromatic heterocycles. The molecule has 3 aromatic carbocycles. The number of nitrogens with zero attached hydrogens (tertiary/aromatic N) is 1. The minimum atomic E-state index is -1.10. The maximum atomic E-state index is 12.9. The first-order chi connectivity index (χ1) is 15.3. The van der Waals surface area contributed by atoms with Crippen LogP contribution in [0.5, 0.6) is 0 Å². The third-order valence-electron chi connectivity index (χ3n) is 5.33. The van der Waals surface area contributed by atoms with Crippen molar-refractivity contribution in [3.63, 3.8) is 0 Å². The number of hydrogen-bond donors (Lipinski definition) is 1. The Balaban J connectivity index is 1.53. The van der Waals surface area contributed by atoms with Gasteiger partial charge in [0.1, 0.15) is 17.4 Å². The summed E-state index contributed by atoms with van der Waals surface area (Å²) in [7, 11) is 1.45. The monoisotopic (exact) mass is 467 g/mol. The highest BCUT2D eigenvalue weighted by Gasteiger charge is 2.28. The predicted octanol–water partition coefficient (Wildman–Crippen LogP) is 6.17.